The summed E-state index contributed by atoms with van der Waals surface area (Å²) in [5.41, 5.74) is 2.30. The number of rotatable bonds is 6. The Labute approximate surface area is 161 Å². The molecule has 0 amide bonds. The van der Waals surface area contributed by atoms with E-state index in [1.165, 1.54) is 0 Å². The second-order valence-corrected chi connectivity index (χ2v) is 8.59. The lowest BCUT2D eigenvalue weighted by Crippen LogP contribution is -2.08. The maximum atomic E-state index is 12.2. The Morgan fingerprint density at radius 3 is 2.27 bits per heavy atom. The van der Waals surface area contributed by atoms with Crippen LogP contribution in [0.1, 0.15) is 6.42 Å². The van der Waals surface area contributed by atoms with Crippen molar-refractivity contribution in [2.24, 2.45) is 0 Å². The summed E-state index contributed by atoms with van der Waals surface area (Å²) in [6.45, 7) is -0.157. The van der Waals surface area contributed by atoms with Crippen LogP contribution >= 0.6 is 23.2 Å². The highest BCUT2D eigenvalue weighted by atomic mass is 35.5. The van der Waals surface area contributed by atoms with Gasteiger partial charge in [0.2, 0.25) is 0 Å². The van der Waals surface area contributed by atoms with E-state index in [1.54, 1.807) is 47.1 Å². The van der Waals surface area contributed by atoms with E-state index in [1.807, 2.05) is 12.1 Å². The molecule has 1 N–H and O–H groups in total. The zero-order chi connectivity index (χ0) is 18.7. The highest BCUT2D eigenvalue weighted by Gasteiger charge is 2.16. The van der Waals surface area contributed by atoms with Crippen molar-refractivity contribution < 1.29 is 13.5 Å². The molecule has 1 aromatic heterocycles. The van der Waals surface area contributed by atoms with Crippen molar-refractivity contribution in [1.82, 2.24) is 9.78 Å². The van der Waals surface area contributed by atoms with Crippen molar-refractivity contribution in [3.63, 3.8) is 0 Å². The van der Waals surface area contributed by atoms with Gasteiger partial charge in [-0.2, -0.15) is 5.10 Å². The third-order valence-electron chi connectivity index (χ3n) is 3.83. The molecule has 0 spiro atoms. The number of aliphatic hydroxyl groups is 1. The number of hydrogen-bond acceptors (Lipinski definition) is 4. The zero-order valence-corrected chi connectivity index (χ0v) is 16.0. The van der Waals surface area contributed by atoms with Gasteiger partial charge in [-0.3, -0.25) is 0 Å². The third-order valence-corrected chi connectivity index (χ3v) is 6.08. The number of aliphatic hydroxyl groups excluding tert-OH is 1. The molecule has 0 atom stereocenters. The van der Waals surface area contributed by atoms with E-state index in [4.69, 9.17) is 28.3 Å². The van der Waals surface area contributed by atoms with E-state index in [9.17, 15) is 8.42 Å². The second-order valence-electron chi connectivity index (χ2n) is 5.66. The summed E-state index contributed by atoms with van der Waals surface area (Å²) < 4.78 is 26.1. The minimum Gasteiger partial charge on any atom is -0.396 e. The van der Waals surface area contributed by atoms with Crippen LogP contribution in [0.2, 0.25) is 10.2 Å². The predicted octanol–water partition coefficient (Wildman–Crippen LogP) is 4.00. The van der Waals surface area contributed by atoms with Crippen LogP contribution in [0.3, 0.4) is 0 Å². The average Bonchev–Trinajstić information content (AvgIpc) is 3.02. The Hall–Kier alpha value is -1.86. The molecule has 0 aliphatic rings. The molecule has 2 aromatic carbocycles. The molecule has 0 aliphatic carbocycles. The predicted molar refractivity (Wildman–Crippen MR) is 103 cm³/mol. The molecule has 0 aliphatic heterocycles. The van der Waals surface area contributed by atoms with Crippen LogP contribution in [0.4, 0.5) is 0 Å². The van der Waals surface area contributed by atoms with E-state index in [-0.39, 0.29) is 23.7 Å². The van der Waals surface area contributed by atoms with Crippen molar-refractivity contribution in [1.29, 1.82) is 0 Å². The number of benzene rings is 2. The summed E-state index contributed by atoms with van der Waals surface area (Å²) in [5, 5.41) is 14.1. The fourth-order valence-corrected chi connectivity index (χ4v) is 4.14. The van der Waals surface area contributed by atoms with Crippen LogP contribution in [0.15, 0.2) is 59.5 Å². The Balaban J connectivity index is 1.97. The van der Waals surface area contributed by atoms with Gasteiger partial charge >= 0.3 is 0 Å². The molecule has 136 valence electrons. The third kappa shape index (κ3) is 4.10. The van der Waals surface area contributed by atoms with Gasteiger partial charge in [0.15, 0.2) is 15.0 Å². The number of halogens is 2. The molecule has 3 aromatic rings. The first-order valence-corrected chi connectivity index (χ1v) is 10.3. The van der Waals surface area contributed by atoms with Gasteiger partial charge < -0.3 is 5.11 Å². The fourth-order valence-electron chi connectivity index (χ4n) is 2.54. The van der Waals surface area contributed by atoms with E-state index in [2.05, 4.69) is 5.10 Å². The van der Waals surface area contributed by atoms with Crippen molar-refractivity contribution in [2.75, 3.05) is 12.4 Å². The van der Waals surface area contributed by atoms with Crippen molar-refractivity contribution in [3.05, 3.63) is 64.8 Å². The molecule has 5 nitrogen and oxygen atoms in total. The van der Waals surface area contributed by atoms with Crippen LogP contribution in [-0.2, 0) is 9.84 Å². The number of nitrogens with zero attached hydrogens (tertiary/aromatic N) is 2. The lowest BCUT2D eigenvalue weighted by molar-refractivity contribution is 0.295. The normalized spacial score (nSPS) is 11.7. The molecule has 0 fully saturated rings. The van der Waals surface area contributed by atoms with E-state index >= 15 is 0 Å². The van der Waals surface area contributed by atoms with E-state index < -0.39 is 9.84 Å². The highest BCUT2D eigenvalue weighted by molar-refractivity contribution is 7.91. The number of hydrogen-bond donors (Lipinski definition) is 1. The van der Waals surface area contributed by atoms with Gasteiger partial charge in [0.1, 0.15) is 0 Å². The van der Waals surface area contributed by atoms with Gasteiger partial charge in [0.05, 0.1) is 22.0 Å². The molecule has 8 heteroatoms. The molecule has 1 heterocycles. The van der Waals surface area contributed by atoms with Crippen molar-refractivity contribution >= 4 is 33.0 Å². The largest absolute Gasteiger partial charge is 0.396 e. The fraction of sp³-hybridized carbons (Fsp3) is 0.167. The Kier molecular flexibility index (Phi) is 5.67. The van der Waals surface area contributed by atoms with Gasteiger partial charge in [-0.15, -0.1) is 0 Å². The molecule has 3 rings (SSSR count). The zero-order valence-electron chi connectivity index (χ0n) is 13.6. The Morgan fingerprint density at radius 1 is 1.00 bits per heavy atom. The Bertz CT molecular complexity index is 998. The maximum absolute atomic E-state index is 12.2. The monoisotopic (exact) mass is 410 g/mol. The molecule has 0 radical (unpaired) electrons. The van der Waals surface area contributed by atoms with Crippen LogP contribution in [0.25, 0.3) is 16.9 Å². The quantitative estimate of drug-likeness (QED) is 0.666. The molecule has 26 heavy (non-hydrogen) atoms. The summed E-state index contributed by atoms with van der Waals surface area (Å²) in [6, 6.07) is 15.4. The minimum atomic E-state index is -3.41. The molecular formula is C18H16Cl2N2O3S. The van der Waals surface area contributed by atoms with Gasteiger partial charge in [-0.05, 0) is 42.8 Å². The van der Waals surface area contributed by atoms with Gasteiger partial charge in [0, 0.05) is 23.3 Å². The summed E-state index contributed by atoms with van der Waals surface area (Å²) in [6.07, 6.45) is 0.211. The van der Waals surface area contributed by atoms with Gasteiger partial charge in [-0.25, -0.2) is 13.1 Å². The van der Waals surface area contributed by atoms with Crippen LogP contribution in [0, 0.1) is 0 Å². The van der Waals surface area contributed by atoms with Crippen molar-refractivity contribution in [3.8, 4) is 16.9 Å². The SMILES string of the molecule is O=S(=O)(CCCO)c1ccc(-c2cc(Cl)nn2-c2ccc(Cl)cc2)cc1. The standard InChI is InChI=1S/C18H16Cl2N2O3S/c19-14-4-6-15(7-5-14)22-17(12-18(20)21-22)13-2-8-16(9-3-13)26(24,25)11-1-10-23/h2-9,12,23H,1,10-11H2. The van der Waals surface area contributed by atoms with Crippen LogP contribution in [0.5, 0.6) is 0 Å². The summed E-state index contributed by atoms with van der Waals surface area (Å²) in [4.78, 5) is 0.221. The number of aromatic nitrogens is 2. The van der Waals surface area contributed by atoms with Gasteiger partial charge in [-0.1, -0.05) is 35.3 Å². The summed E-state index contributed by atoms with van der Waals surface area (Å²) in [7, 11) is -3.41. The molecule has 0 unspecified atom stereocenters. The van der Waals surface area contributed by atoms with Crippen molar-refractivity contribution in [2.45, 2.75) is 11.3 Å². The molecular weight excluding hydrogens is 395 g/mol. The highest BCUT2D eigenvalue weighted by Crippen LogP contribution is 2.27. The Morgan fingerprint density at radius 2 is 1.65 bits per heavy atom. The topological polar surface area (TPSA) is 72.2 Å². The second kappa shape index (κ2) is 7.80. The molecule has 0 saturated carbocycles. The first-order chi connectivity index (χ1) is 12.4. The smallest absolute Gasteiger partial charge is 0.178 e. The lowest BCUT2D eigenvalue weighted by Gasteiger charge is -2.09. The first kappa shape index (κ1) is 18.9. The number of sulfone groups is 1. The summed E-state index contributed by atoms with van der Waals surface area (Å²) >= 11 is 12.0. The van der Waals surface area contributed by atoms with Crippen LogP contribution < -0.4 is 0 Å². The minimum absolute atomic E-state index is 0.0859. The summed E-state index contributed by atoms with van der Waals surface area (Å²) in [5.74, 6) is -0.0859. The maximum Gasteiger partial charge on any atom is 0.178 e. The van der Waals surface area contributed by atoms with Gasteiger partial charge in [0.25, 0.3) is 0 Å². The van der Waals surface area contributed by atoms with Crippen LogP contribution in [-0.4, -0.2) is 35.7 Å². The first-order valence-electron chi connectivity index (χ1n) is 7.86. The van der Waals surface area contributed by atoms with E-state index in [0.717, 1.165) is 16.9 Å². The van der Waals surface area contributed by atoms with E-state index in [0.29, 0.717) is 10.2 Å². The molecule has 0 bridgehead atoms. The lowest BCUT2D eigenvalue weighted by atomic mass is 10.1. The molecule has 0 saturated heterocycles. The average molecular weight is 411 g/mol.